The van der Waals surface area contributed by atoms with Gasteiger partial charge in [0.05, 0.1) is 16.9 Å². The van der Waals surface area contributed by atoms with Crippen LogP contribution in [0.15, 0.2) is 33.1 Å². The second-order valence-electron chi connectivity index (χ2n) is 4.14. The fraction of sp³-hybridized carbons (Fsp3) is 0.538. The Balaban J connectivity index is 3.59. The minimum atomic E-state index is -1.44. The number of methoxy groups -OCH3 is 1. The number of nitrogens with zero attached hydrogens (tertiary/aromatic N) is 2. The normalized spacial score (nSPS) is 29.0. The second kappa shape index (κ2) is 8.08. The first-order chi connectivity index (χ1) is 10.1. The number of aliphatic hydroxyl groups excluding tert-OH is 2. The summed E-state index contributed by atoms with van der Waals surface area (Å²) in [5.41, 5.74) is -2.88. The Morgan fingerprint density at radius 1 is 1.43 bits per heavy atom. The Hall–Kier alpha value is -0.690. The fourth-order valence-corrected chi connectivity index (χ4v) is 3.22. The lowest BCUT2D eigenvalue weighted by Crippen LogP contribution is -2.60. The maximum atomic E-state index is 10.2. The van der Waals surface area contributed by atoms with E-state index >= 15 is 0 Å². The zero-order valence-electron chi connectivity index (χ0n) is 11.6. The summed E-state index contributed by atoms with van der Waals surface area (Å²) >= 11 is 11.0. The van der Waals surface area contributed by atoms with Crippen LogP contribution in [0.5, 0.6) is 0 Å². The Kier molecular flexibility index (Phi) is 7.06. The Morgan fingerprint density at radius 2 is 2.05 bits per heavy atom. The molecule has 1 aliphatic carbocycles. The van der Waals surface area contributed by atoms with Gasteiger partial charge in [-0.05, 0) is 48.4 Å². The largest absolute Gasteiger partial charge is 0.394 e. The molecule has 0 bridgehead atoms. The molecule has 0 aromatic carbocycles. The lowest BCUT2D eigenvalue weighted by molar-refractivity contribution is -0.116. The van der Waals surface area contributed by atoms with Crippen LogP contribution in [-0.4, -0.2) is 57.4 Å². The maximum Gasteiger partial charge on any atom is 0.224 e. The van der Waals surface area contributed by atoms with E-state index in [0.29, 0.717) is 0 Å². The van der Waals surface area contributed by atoms with Crippen LogP contribution in [0.3, 0.4) is 0 Å². The van der Waals surface area contributed by atoms with Crippen molar-refractivity contribution in [1.29, 1.82) is 0 Å². The van der Waals surface area contributed by atoms with E-state index in [0.717, 1.165) is 10.7 Å². The van der Waals surface area contributed by atoms with Crippen molar-refractivity contribution in [2.45, 2.75) is 24.3 Å². The van der Waals surface area contributed by atoms with Crippen LogP contribution < -0.4 is 0 Å². The number of aliphatic imine (C=N–C) groups is 2. The second-order valence-corrected chi connectivity index (χ2v) is 5.84. The molecule has 0 heterocycles. The van der Waals surface area contributed by atoms with Gasteiger partial charge in [-0.25, -0.2) is 0 Å². The van der Waals surface area contributed by atoms with Gasteiger partial charge in [0.15, 0.2) is 5.60 Å². The van der Waals surface area contributed by atoms with E-state index in [1.807, 2.05) is 6.92 Å². The van der Waals surface area contributed by atoms with Crippen LogP contribution in [-0.2, 0) is 4.74 Å². The molecule has 5 nitrogen and oxygen atoms in total. The molecule has 0 aromatic rings. The summed E-state index contributed by atoms with van der Waals surface area (Å²) in [7, 11) is 1.39. The van der Waals surface area contributed by atoms with Crippen molar-refractivity contribution in [3.63, 3.8) is 0 Å². The lowest BCUT2D eigenvalue weighted by atomic mass is 9.79. The lowest BCUT2D eigenvalue weighted by Gasteiger charge is -2.44. The van der Waals surface area contributed by atoms with Crippen LogP contribution in [0.25, 0.3) is 0 Å². The summed E-state index contributed by atoms with van der Waals surface area (Å²) in [6.07, 6.45) is 3.80. The summed E-state index contributed by atoms with van der Waals surface area (Å²) in [5, 5.41) is 24.1. The SMILES string of the molecule is CCSC1=CC(N=C=S)(N=C=S)C(OC)(C(O)CO)C=C1. The van der Waals surface area contributed by atoms with Gasteiger partial charge < -0.3 is 14.9 Å². The number of rotatable bonds is 7. The molecule has 0 saturated carbocycles. The number of allylic oxidation sites excluding steroid dienone is 1. The van der Waals surface area contributed by atoms with E-state index in [2.05, 4.69) is 20.3 Å². The Labute approximate surface area is 138 Å². The van der Waals surface area contributed by atoms with Crippen molar-refractivity contribution < 1.29 is 14.9 Å². The molecule has 0 saturated heterocycles. The highest BCUT2D eigenvalue weighted by Crippen LogP contribution is 2.42. The third kappa shape index (κ3) is 3.39. The predicted octanol–water partition coefficient (Wildman–Crippen LogP) is 1.83. The van der Waals surface area contributed by atoms with Crippen molar-refractivity contribution in [3.8, 4) is 0 Å². The van der Waals surface area contributed by atoms with Crippen molar-refractivity contribution in [1.82, 2.24) is 0 Å². The summed E-state index contributed by atoms with van der Waals surface area (Å²) in [5.74, 6) is 0.845. The molecule has 0 aromatic heterocycles. The molecule has 0 spiro atoms. The summed E-state index contributed by atoms with van der Waals surface area (Å²) in [6.45, 7) is 1.47. The predicted molar refractivity (Wildman–Crippen MR) is 91.0 cm³/mol. The first-order valence-corrected chi connectivity index (χ1v) is 7.93. The van der Waals surface area contributed by atoms with Crippen LogP contribution in [0.1, 0.15) is 6.92 Å². The molecular formula is C13H16N2O3S3. The number of thioether (sulfide) groups is 1. The van der Waals surface area contributed by atoms with Crippen LogP contribution in [0.2, 0.25) is 0 Å². The Bertz CT molecular complexity index is 519. The molecular weight excluding hydrogens is 328 g/mol. The molecule has 0 fully saturated rings. The molecule has 2 unspecified atom stereocenters. The molecule has 21 heavy (non-hydrogen) atoms. The zero-order valence-corrected chi connectivity index (χ0v) is 14.1. The standard InChI is InChI=1S/C13H16N2O3S3/c1-3-21-10-4-5-12(18-2,11(17)7-16)13(6-10,14-8-19)15-9-20/h4-6,11,16-17H,3,7H2,1-2H3. The molecule has 0 amide bonds. The van der Waals surface area contributed by atoms with Gasteiger partial charge in [0.25, 0.3) is 0 Å². The van der Waals surface area contributed by atoms with Gasteiger partial charge in [0.2, 0.25) is 5.66 Å². The van der Waals surface area contributed by atoms with Gasteiger partial charge in [0, 0.05) is 12.0 Å². The van der Waals surface area contributed by atoms with E-state index < -0.39 is 24.0 Å². The topological polar surface area (TPSA) is 74.4 Å². The zero-order chi connectivity index (χ0) is 15.9. The van der Waals surface area contributed by atoms with E-state index in [-0.39, 0.29) is 0 Å². The minimum absolute atomic E-state index is 0.538. The number of aliphatic hydroxyl groups is 2. The Morgan fingerprint density at radius 3 is 2.48 bits per heavy atom. The van der Waals surface area contributed by atoms with Gasteiger partial charge in [0.1, 0.15) is 6.10 Å². The third-order valence-corrected chi connectivity index (χ3v) is 4.22. The number of hydrogen-bond donors (Lipinski definition) is 2. The summed E-state index contributed by atoms with van der Waals surface area (Å²) < 4.78 is 5.47. The van der Waals surface area contributed by atoms with Crippen LogP contribution in [0, 0.1) is 0 Å². The summed E-state index contributed by atoms with van der Waals surface area (Å²) in [6, 6.07) is 0. The van der Waals surface area contributed by atoms with Gasteiger partial charge in [-0.15, -0.1) is 11.8 Å². The van der Waals surface area contributed by atoms with Crippen molar-refractivity contribution in [3.05, 3.63) is 23.1 Å². The van der Waals surface area contributed by atoms with Gasteiger partial charge in [-0.1, -0.05) is 6.92 Å². The van der Waals surface area contributed by atoms with Gasteiger partial charge >= 0.3 is 0 Å². The van der Waals surface area contributed by atoms with Crippen molar-refractivity contribution in [2.75, 3.05) is 19.5 Å². The van der Waals surface area contributed by atoms with E-state index in [1.54, 1.807) is 30.0 Å². The average molecular weight is 344 g/mol. The highest BCUT2D eigenvalue weighted by molar-refractivity contribution is 8.03. The smallest absolute Gasteiger partial charge is 0.224 e. The first kappa shape index (κ1) is 18.4. The third-order valence-electron chi connectivity index (χ3n) is 3.16. The highest BCUT2D eigenvalue weighted by atomic mass is 32.2. The minimum Gasteiger partial charge on any atom is -0.394 e. The van der Waals surface area contributed by atoms with Gasteiger partial charge in [-0.2, -0.15) is 9.98 Å². The number of thiocarbonyl (C=S) groups is 2. The first-order valence-electron chi connectivity index (χ1n) is 6.12. The van der Waals surface area contributed by atoms with Gasteiger partial charge in [-0.3, -0.25) is 0 Å². The molecule has 1 aliphatic rings. The molecule has 0 aliphatic heterocycles. The molecule has 2 N–H and O–H groups in total. The summed E-state index contributed by atoms with van der Waals surface area (Å²) in [4.78, 5) is 9.00. The van der Waals surface area contributed by atoms with Crippen molar-refractivity contribution in [2.24, 2.45) is 9.98 Å². The quantitative estimate of drug-likeness (QED) is 0.542. The number of isothiocyanates is 2. The maximum absolute atomic E-state index is 10.2. The number of hydrogen-bond acceptors (Lipinski definition) is 8. The van der Waals surface area contributed by atoms with E-state index in [4.69, 9.17) is 29.2 Å². The molecule has 2 atom stereocenters. The number of ether oxygens (including phenoxy) is 1. The molecule has 1 rings (SSSR count). The van der Waals surface area contributed by atoms with Crippen LogP contribution in [0.4, 0.5) is 0 Å². The highest BCUT2D eigenvalue weighted by Gasteiger charge is 2.56. The fourth-order valence-electron chi connectivity index (χ4n) is 2.19. The molecule has 8 heteroatoms. The molecule has 114 valence electrons. The van der Waals surface area contributed by atoms with Crippen molar-refractivity contribution >= 4 is 46.5 Å². The molecule has 0 radical (unpaired) electrons. The van der Waals surface area contributed by atoms with E-state index in [9.17, 15) is 10.2 Å². The van der Waals surface area contributed by atoms with Crippen LogP contribution >= 0.6 is 36.2 Å². The van der Waals surface area contributed by atoms with E-state index in [1.165, 1.54) is 7.11 Å². The average Bonchev–Trinajstić information content (AvgIpc) is 2.48. The monoisotopic (exact) mass is 344 g/mol.